The number of para-hydroxylation sites is 1. The van der Waals surface area contributed by atoms with Crippen LogP contribution in [0, 0.1) is 0 Å². The quantitative estimate of drug-likeness (QED) is 0.912. The van der Waals surface area contributed by atoms with Crippen LogP contribution in [-0.4, -0.2) is 48.0 Å². The molecule has 1 amide bonds. The first-order chi connectivity index (χ1) is 12.6. The summed E-state index contributed by atoms with van der Waals surface area (Å²) in [7, 11) is 1.71. The van der Waals surface area contributed by atoms with Gasteiger partial charge in [-0.3, -0.25) is 4.79 Å². The zero-order valence-electron chi connectivity index (χ0n) is 14.5. The average Bonchev–Trinajstić information content (AvgIpc) is 3.28. The average molecular weight is 355 g/mol. The molecule has 0 spiro atoms. The van der Waals surface area contributed by atoms with Crippen LogP contribution in [0.2, 0.25) is 0 Å². The fraction of sp³-hybridized carbons (Fsp3) is 0.350. The minimum absolute atomic E-state index is 0.160. The lowest BCUT2D eigenvalue weighted by Crippen LogP contribution is -2.45. The van der Waals surface area contributed by atoms with Gasteiger partial charge in [-0.1, -0.05) is 18.2 Å². The van der Waals surface area contributed by atoms with E-state index in [1.807, 2.05) is 30.3 Å². The molecule has 0 saturated heterocycles. The van der Waals surface area contributed by atoms with Gasteiger partial charge in [0.15, 0.2) is 11.5 Å². The van der Waals surface area contributed by atoms with E-state index in [0.29, 0.717) is 29.9 Å². The maximum absolute atomic E-state index is 12.8. The number of hydrogen-bond acceptors (Lipinski definition) is 5. The minimum atomic E-state index is -0.738. The molecule has 4 rings (SSSR count). The second kappa shape index (κ2) is 6.88. The van der Waals surface area contributed by atoms with Gasteiger partial charge in [0, 0.05) is 12.6 Å². The topological polar surface area (TPSA) is 68.2 Å². The molecule has 1 N–H and O–H groups in total. The molecule has 2 aromatic rings. The number of aliphatic hydroxyl groups is 1. The van der Waals surface area contributed by atoms with Crippen LogP contribution in [0.25, 0.3) is 0 Å². The van der Waals surface area contributed by atoms with Gasteiger partial charge in [0.2, 0.25) is 6.79 Å². The van der Waals surface area contributed by atoms with Crippen molar-refractivity contribution in [1.29, 1.82) is 0 Å². The van der Waals surface area contributed by atoms with Crippen molar-refractivity contribution in [3.8, 4) is 17.2 Å². The predicted octanol–water partition coefficient (Wildman–Crippen LogP) is 2.46. The largest absolute Gasteiger partial charge is 0.488 e. The SMILES string of the molecule is CN(C(=O)c1ccc2c(c1)OCO2)[C@@H]1CC[C@H](Oc2ccccc2)[C@H]1O. The van der Waals surface area contributed by atoms with Crippen molar-refractivity contribution in [2.45, 2.75) is 31.1 Å². The van der Waals surface area contributed by atoms with E-state index in [4.69, 9.17) is 14.2 Å². The number of likely N-dealkylation sites (N-methyl/N-ethyl adjacent to an activating group) is 1. The number of amides is 1. The molecule has 2 aromatic carbocycles. The van der Waals surface area contributed by atoms with Crippen LogP contribution < -0.4 is 14.2 Å². The lowest BCUT2D eigenvalue weighted by Gasteiger charge is -2.29. The molecule has 1 fully saturated rings. The van der Waals surface area contributed by atoms with Crippen molar-refractivity contribution in [2.75, 3.05) is 13.8 Å². The normalized spacial score (nSPS) is 23.7. The van der Waals surface area contributed by atoms with E-state index in [9.17, 15) is 9.90 Å². The Morgan fingerprint density at radius 2 is 1.88 bits per heavy atom. The van der Waals surface area contributed by atoms with Gasteiger partial charge in [0.1, 0.15) is 18.0 Å². The van der Waals surface area contributed by atoms with Crippen molar-refractivity contribution in [2.24, 2.45) is 0 Å². The zero-order valence-corrected chi connectivity index (χ0v) is 14.5. The standard InChI is InChI=1S/C20H21NO5/c1-21(20(23)13-7-9-16-18(11-13)25-12-24-16)15-8-10-17(19(15)22)26-14-5-3-2-4-6-14/h2-7,9,11,15,17,19,22H,8,10,12H2,1H3/t15-,17+,19+/m1/s1. The molecule has 3 atom stereocenters. The maximum Gasteiger partial charge on any atom is 0.254 e. The van der Waals surface area contributed by atoms with E-state index in [-0.39, 0.29) is 24.8 Å². The summed E-state index contributed by atoms with van der Waals surface area (Å²) in [6, 6.07) is 14.3. The summed E-state index contributed by atoms with van der Waals surface area (Å²) in [5, 5.41) is 10.7. The van der Waals surface area contributed by atoms with Gasteiger partial charge in [0.05, 0.1) is 6.04 Å². The number of fused-ring (bicyclic) bond motifs is 1. The molecule has 6 nitrogen and oxygen atoms in total. The first-order valence-electron chi connectivity index (χ1n) is 8.70. The Labute approximate surface area is 151 Å². The Morgan fingerprint density at radius 3 is 2.69 bits per heavy atom. The third kappa shape index (κ3) is 3.08. The zero-order chi connectivity index (χ0) is 18.1. The molecule has 1 aliphatic carbocycles. The van der Waals surface area contributed by atoms with E-state index in [0.717, 1.165) is 5.75 Å². The molecule has 136 valence electrons. The molecule has 1 heterocycles. The molecular weight excluding hydrogens is 334 g/mol. The van der Waals surface area contributed by atoms with E-state index >= 15 is 0 Å². The van der Waals surface area contributed by atoms with Gasteiger partial charge >= 0.3 is 0 Å². The fourth-order valence-corrected chi connectivity index (χ4v) is 3.53. The Balaban J connectivity index is 1.44. The van der Waals surface area contributed by atoms with Gasteiger partial charge in [-0.25, -0.2) is 0 Å². The number of rotatable bonds is 4. The number of hydrogen-bond donors (Lipinski definition) is 1. The fourth-order valence-electron chi connectivity index (χ4n) is 3.53. The highest BCUT2D eigenvalue weighted by Gasteiger charge is 2.40. The lowest BCUT2D eigenvalue weighted by atomic mass is 10.1. The summed E-state index contributed by atoms with van der Waals surface area (Å²) in [6.07, 6.45) is 0.317. The number of ether oxygens (including phenoxy) is 3. The summed E-state index contributed by atoms with van der Waals surface area (Å²) in [4.78, 5) is 14.4. The Morgan fingerprint density at radius 1 is 1.12 bits per heavy atom. The molecule has 26 heavy (non-hydrogen) atoms. The van der Waals surface area contributed by atoms with Crippen LogP contribution in [-0.2, 0) is 0 Å². The molecule has 1 aliphatic heterocycles. The molecule has 0 unspecified atom stereocenters. The van der Waals surface area contributed by atoms with Crippen LogP contribution in [0.3, 0.4) is 0 Å². The summed E-state index contributed by atoms with van der Waals surface area (Å²) >= 11 is 0. The summed E-state index contributed by atoms with van der Waals surface area (Å²) in [5.74, 6) is 1.78. The lowest BCUT2D eigenvalue weighted by molar-refractivity contribution is 0.0166. The van der Waals surface area contributed by atoms with Crippen LogP contribution in [0.15, 0.2) is 48.5 Å². The van der Waals surface area contributed by atoms with E-state index in [1.165, 1.54) is 0 Å². The monoisotopic (exact) mass is 355 g/mol. The molecule has 1 saturated carbocycles. The predicted molar refractivity (Wildman–Crippen MR) is 94.5 cm³/mol. The van der Waals surface area contributed by atoms with Crippen molar-refractivity contribution < 1.29 is 24.1 Å². The van der Waals surface area contributed by atoms with Gasteiger partial charge in [-0.05, 0) is 43.2 Å². The molecule has 0 radical (unpaired) electrons. The Kier molecular flexibility index (Phi) is 4.42. The first-order valence-corrected chi connectivity index (χ1v) is 8.70. The van der Waals surface area contributed by atoms with Crippen molar-refractivity contribution in [3.63, 3.8) is 0 Å². The second-order valence-electron chi connectivity index (χ2n) is 6.59. The number of carbonyl (C=O) groups is 1. The van der Waals surface area contributed by atoms with Crippen molar-refractivity contribution >= 4 is 5.91 Å². The summed E-state index contributed by atoms with van der Waals surface area (Å²) in [5.41, 5.74) is 0.511. The van der Waals surface area contributed by atoms with Crippen LogP contribution in [0.5, 0.6) is 17.2 Å². The highest BCUT2D eigenvalue weighted by Crippen LogP contribution is 2.34. The van der Waals surface area contributed by atoms with Crippen LogP contribution >= 0.6 is 0 Å². The summed E-state index contributed by atoms with van der Waals surface area (Å²) < 4.78 is 16.5. The Bertz CT molecular complexity index is 794. The van der Waals surface area contributed by atoms with Gasteiger partial charge < -0.3 is 24.2 Å². The third-order valence-electron chi connectivity index (χ3n) is 4.99. The number of aliphatic hydroxyl groups excluding tert-OH is 1. The Hall–Kier alpha value is -2.73. The highest BCUT2D eigenvalue weighted by atomic mass is 16.7. The molecular formula is C20H21NO5. The molecule has 0 bridgehead atoms. The van der Waals surface area contributed by atoms with Crippen LogP contribution in [0.4, 0.5) is 0 Å². The number of carbonyl (C=O) groups excluding carboxylic acids is 1. The van der Waals surface area contributed by atoms with E-state index in [2.05, 4.69) is 0 Å². The van der Waals surface area contributed by atoms with Gasteiger partial charge in [-0.15, -0.1) is 0 Å². The van der Waals surface area contributed by atoms with E-state index in [1.54, 1.807) is 30.1 Å². The minimum Gasteiger partial charge on any atom is -0.488 e. The van der Waals surface area contributed by atoms with Crippen LogP contribution in [0.1, 0.15) is 23.2 Å². The number of nitrogens with zero attached hydrogens (tertiary/aromatic N) is 1. The van der Waals surface area contributed by atoms with Gasteiger partial charge in [0.25, 0.3) is 5.91 Å². The highest BCUT2D eigenvalue weighted by molar-refractivity contribution is 5.95. The maximum atomic E-state index is 12.8. The molecule has 6 heteroatoms. The third-order valence-corrected chi connectivity index (χ3v) is 4.99. The smallest absolute Gasteiger partial charge is 0.254 e. The van der Waals surface area contributed by atoms with Crippen molar-refractivity contribution in [1.82, 2.24) is 4.90 Å². The molecule has 2 aliphatic rings. The number of benzene rings is 2. The second-order valence-corrected chi connectivity index (χ2v) is 6.59. The summed E-state index contributed by atoms with van der Waals surface area (Å²) in [6.45, 7) is 0.169. The first kappa shape index (κ1) is 16.7. The molecule has 0 aromatic heterocycles. The van der Waals surface area contributed by atoms with Crippen molar-refractivity contribution in [3.05, 3.63) is 54.1 Å². The van der Waals surface area contributed by atoms with Gasteiger partial charge in [-0.2, -0.15) is 0 Å². The van der Waals surface area contributed by atoms with E-state index < -0.39 is 6.10 Å².